The van der Waals surface area contributed by atoms with Gasteiger partial charge in [-0.1, -0.05) is 158 Å². The lowest BCUT2D eigenvalue weighted by Gasteiger charge is -2.17. The van der Waals surface area contributed by atoms with Gasteiger partial charge in [-0.15, -0.1) is 11.3 Å². The highest BCUT2D eigenvalue weighted by Gasteiger charge is 2.29. The summed E-state index contributed by atoms with van der Waals surface area (Å²) in [7, 11) is 0. The molecule has 0 saturated heterocycles. The van der Waals surface area contributed by atoms with Crippen molar-refractivity contribution in [2.24, 2.45) is 0 Å². The van der Waals surface area contributed by atoms with E-state index >= 15 is 0 Å². The number of nitriles is 1. The number of rotatable bonds is 6. The maximum atomic E-state index is 11.5. The molecule has 0 aliphatic carbocycles. The number of thiophene rings is 1. The molecule has 0 bridgehead atoms. The number of aromatic nitrogens is 5. The van der Waals surface area contributed by atoms with Crippen molar-refractivity contribution in [1.29, 1.82) is 5.26 Å². The molecular formula is C64H36N6OS. The molecular weight excluding hydrogens is 901 g/mol. The monoisotopic (exact) mass is 936 g/mol. The first kappa shape index (κ1) is 40.2. The Morgan fingerprint density at radius 3 is 1.74 bits per heavy atom. The number of para-hydroxylation sites is 4. The van der Waals surface area contributed by atoms with Crippen LogP contribution in [0, 0.1) is 11.3 Å². The first-order chi connectivity index (χ1) is 35.7. The lowest BCUT2D eigenvalue weighted by molar-refractivity contribution is 0.669. The van der Waals surface area contributed by atoms with Gasteiger partial charge in [0.2, 0.25) is 0 Å². The second-order valence-corrected chi connectivity index (χ2v) is 19.2. The summed E-state index contributed by atoms with van der Waals surface area (Å²) in [6, 6.07) is 78.7. The third-order valence-corrected chi connectivity index (χ3v) is 15.3. The molecule has 0 aliphatic rings. The van der Waals surface area contributed by atoms with E-state index in [2.05, 4.69) is 149 Å². The van der Waals surface area contributed by atoms with Gasteiger partial charge in [0.1, 0.15) is 17.2 Å². The summed E-state index contributed by atoms with van der Waals surface area (Å²) >= 11 is 1.82. The molecule has 0 N–H and O–H groups in total. The van der Waals surface area contributed by atoms with Crippen molar-refractivity contribution in [3.05, 3.63) is 224 Å². The summed E-state index contributed by atoms with van der Waals surface area (Å²) in [6.45, 7) is 0. The van der Waals surface area contributed by atoms with Gasteiger partial charge in [-0.05, 0) is 66.2 Å². The van der Waals surface area contributed by atoms with Gasteiger partial charge in [-0.2, -0.15) is 5.26 Å². The molecule has 8 heteroatoms. The highest BCUT2D eigenvalue weighted by Crippen LogP contribution is 2.50. The summed E-state index contributed by atoms with van der Waals surface area (Å²) < 4.78 is 14.4. The minimum absolute atomic E-state index is 0.350. The molecule has 0 fully saturated rings. The zero-order valence-corrected chi connectivity index (χ0v) is 39.1. The molecule has 15 aromatic rings. The SMILES string of the molecule is N#Cc1cc(-n2c3ccccc3c3c2c(-c2ccc4sc5ccccc5c4c2)cc2c4ccccc4n(-c4ccccc4)c23)c2c(oc3ccccc32)c1-c1nc(-c2ccccc2)nc(-c2ccccc2)n1. The largest absolute Gasteiger partial charge is 0.455 e. The van der Waals surface area contributed by atoms with Crippen molar-refractivity contribution < 1.29 is 4.42 Å². The van der Waals surface area contributed by atoms with Crippen LogP contribution in [0.4, 0.5) is 0 Å². The number of furan rings is 1. The normalized spacial score (nSPS) is 11.9. The van der Waals surface area contributed by atoms with Crippen LogP contribution in [-0.4, -0.2) is 24.1 Å². The topological polar surface area (TPSA) is 85.5 Å². The average Bonchev–Trinajstić information content (AvgIpc) is 4.21. The first-order valence-corrected chi connectivity index (χ1v) is 24.7. The van der Waals surface area contributed by atoms with Crippen molar-refractivity contribution in [1.82, 2.24) is 24.1 Å². The van der Waals surface area contributed by atoms with Crippen molar-refractivity contribution in [2.45, 2.75) is 0 Å². The highest BCUT2D eigenvalue weighted by molar-refractivity contribution is 7.25. The fourth-order valence-electron chi connectivity index (χ4n) is 11.1. The van der Waals surface area contributed by atoms with Gasteiger partial charge in [0.25, 0.3) is 0 Å². The summed E-state index contributed by atoms with van der Waals surface area (Å²) in [5.74, 6) is 1.34. The molecule has 0 saturated carbocycles. The van der Waals surface area contributed by atoms with E-state index in [0.717, 1.165) is 82.6 Å². The Balaban J connectivity index is 1.12. The fourth-order valence-corrected chi connectivity index (χ4v) is 12.2. The predicted molar refractivity (Wildman–Crippen MR) is 295 cm³/mol. The Kier molecular flexibility index (Phi) is 8.76. The quantitative estimate of drug-likeness (QED) is 0.166. The minimum Gasteiger partial charge on any atom is -0.455 e. The number of fused-ring (bicyclic) bond motifs is 13. The van der Waals surface area contributed by atoms with Crippen LogP contribution in [0.1, 0.15) is 5.56 Å². The Bertz CT molecular complexity index is 4690. The van der Waals surface area contributed by atoms with Crippen LogP contribution in [0.2, 0.25) is 0 Å². The molecule has 10 aromatic carbocycles. The Hall–Kier alpha value is -9.68. The van der Waals surface area contributed by atoms with Crippen LogP contribution in [0.3, 0.4) is 0 Å². The first-order valence-electron chi connectivity index (χ1n) is 23.9. The zero-order chi connectivity index (χ0) is 47.4. The standard InChI is InChI=1S/C64H36N6OS/c65-37-41-35-52(57-46-27-12-16-30-53(46)71-61(57)56(41)64-67-62(38-18-4-1-5-19-38)66-63(68-64)39-20-6-2-7-21-39)70-51-29-15-11-26-45(51)58-59(70)47(40-32-33-55-48(34-40)44-25-13-17-31-54(44)72-55)36-49-43-24-10-14-28-50(43)69(60(49)58)42-22-8-3-9-23-42/h1-36H. The predicted octanol–water partition coefficient (Wildman–Crippen LogP) is 16.9. The van der Waals surface area contributed by atoms with E-state index < -0.39 is 0 Å². The summed E-state index contributed by atoms with van der Waals surface area (Å²) in [4.78, 5) is 15.3. The second-order valence-electron chi connectivity index (χ2n) is 18.2. The molecule has 5 heterocycles. The van der Waals surface area contributed by atoms with Gasteiger partial charge >= 0.3 is 0 Å². The second kappa shape index (κ2) is 15.7. The van der Waals surface area contributed by atoms with Crippen LogP contribution in [0.25, 0.3) is 142 Å². The molecule has 72 heavy (non-hydrogen) atoms. The van der Waals surface area contributed by atoms with Gasteiger partial charge in [-0.25, -0.2) is 15.0 Å². The molecule has 334 valence electrons. The Labute approximate surface area is 415 Å². The van der Waals surface area contributed by atoms with E-state index in [9.17, 15) is 5.26 Å². The summed E-state index contributed by atoms with van der Waals surface area (Å²) in [5, 5.41) is 20.3. The van der Waals surface area contributed by atoms with Gasteiger partial charge in [0.15, 0.2) is 17.5 Å². The van der Waals surface area contributed by atoms with Crippen molar-refractivity contribution in [2.75, 3.05) is 0 Å². The van der Waals surface area contributed by atoms with Crippen molar-refractivity contribution >= 4 is 97.1 Å². The van der Waals surface area contributed by atoms with Crippen molar-refractivity contribution in [3.8, 4) is 62.7 Å². The fraction of sp³-hybridized carbons (Fsp3) is 0. The van der Waals surface area contributed by atoms with Crippen LogP contribution in [0.15, 0.2) is 223 Å². The average molecular weight is 937 g/mol. The highest BCUT2D eigenvalue weighted by atomic mass is 32.1. The zero-order valence-electron chi connectivity index (χ0n) is 38.3. The molecule has 0 radical (unpaired) electrons. The van der Waals surface area contributed by atoms with E-state index in [-0.39, 0.29) is 0 Å². The third kappa shape index (κ3) is 5.92. The van der Waals surface area contributed by atoms with Gasteiger partial charge in [0.05, 0.1) is 44.3 Å². The number of benzene rings is 10. The van der Waals surface area contributed by atoms with E-state index in [1.165, 1.54) is 25.6 Å². The maximum Gasteiger partial charge on any atom is 0.169 e. The number of nitrogens with zero attached hydrogens (tertiary/aromatic N) is 6. The lowest BCUT2D eigenvalue weighted by Crippen LogP contribution is -2.03. The van der Waals surface area contributed by atoms with Crippen LogP contribution in [0.5, 0.6) is 0 Å². The van der Waals surface area contributed by atoms with Gasteiger partial charge < -0.3 is 13.6 Å². The van der Waals surface area contributed by atoms with E-state index in [1.54, 1.807) is 0 Å². The molecule has 0 amide bonds. The van der Waals surface area contributed by atoms with Crippen molar-refractivity contribution in [3.63, 3.8) is 0 Å². The Morgan fingerprint density at radius 2 is 1.01 bits per heavy atom. The number of hydrogen-bond acceptors (Lipinski definition) is 6. The van der Waals surface area contributed by atoms with Crippen LogP contribution < -0.4 is 0 Å². The van der Waals surface area contributed by atoms with E-state index in [4.69, 9.17) is 19.4 Å². The molecule has 7 nitrogen and oxygen atoms in total. The molecule has 5 aromatic heterocycles. The lowest BCUT2D eigenvalue weighted by atomic mass is 9.96. The van der Waals surface area contributed by atoms with Gasteiger partial charge in [0, 0.05) is 69.5 Å². The molecule has 15 rings (SSSR count). The Morgan fingerprint density at radius 1 is 0.431 bits per heavy atom. The molecule has 0 aliphatic heterocycles. The third-order valence-electron chi connectivity index (χ3n) is 14.2. The summed E-state index contributed by atoms with van der Waals surface area (Å²) in [5.41, 5.74) is 12.0. The van der Waals surface area contributed by atoms with Crippen LogP contribution in [-0.2, 0) is 0 Å². The van der Waals surface area contributed by atoms with Gasteiger partial charge in [-0.3, -0.25) is 0 Å². The maximum absolute atomic E-state index is 11.5. The smallest absolute Gasteiger partial charge is 0.169 e. The summed E-state index contributed by atoms with van der Waals surface area (Å²) in [6.07, 6.45) is 0. The van der Waals surface area contributed by atoms with E-state index in [0.29, 0.717) is 39.8 Å². The molecule has 0 spiro atoms. The van der Waals surface area contributed by atoms with Crippen LogP contribution >= 0.6 is 11.3 Å². The molecule has 0 unspecified atom stereocenters. The minimum atomic E-state index is 0.350. The number of hydrogen-bond donors (Lipinski definition) is 0. The molecule has 0 atom stereocenters. The van der Waals surface area contributed by atoms with E-state index in [1.807, 2.05) is 96.3 Å².